The SMILES string of the molecule is CC(C)=CCCCCN1CCN(Cc2cc(Cl)nc(N3CCOCC3)c2)CC1. The maximum atomic E-state index is 6.31. The molecule has 0 unspecified atom stereocenters. The third kappa shape index (κ3) is 7.03. The van der Waals surface area contributed by atoms with E-state index in [-0.39, 0.29) is 0 Å². The predicted molar refractivity (Wildman–Crippen MR) is 117 cm³/mol. The highest BCUT2D eigenvalue weighted by atomic mass is 35.5. The van der Waals surface area contributed by atoms with Gasteiger partial charge in [0.25, 0.3) is 0 Å². The van der Waals surface area contributed by atoms with E-state index in [0.29, 0.717) is 5.15 Å². The smallest absolute Gasteiger partial charge is 0.131 e. The van der Waals surface area contributed by atoms with Crippen molar-refractivity contribution in [3.8, 4) is 0 Å². The Morgan fingerprint density at radius 2 is 1.75 bits per heavy atom. The number of aromatic nitrogens is 1. The highest BCUT2D eigenvalue weighted by molar-refractivity contribution is 6.29. The second kappa shape index (κ2) is 11.1. The third-order valence-electron chi connectivity index (χ3n) is 5.53. The Balaban J connectivity index is 1.43. The van der Waals surface area contributed by atoms with E-state index >= 15 is 0 Å². The van der Waals surface area contributed by atoms with Gasteiger partial charge in [-0.3, -0.25) is 4.90 Å². The number of hydrogen-bond donors (Lipinski definition) is 0. The van der Waals surface area contributed by atoms with Crippen molar-refractivity contribution >= 4 is 17.4 Å². The molecule has 2 aliphatic heterocycles. The molecule has 1 aromatic rings. The van der Waals surface area contributed by atoms with Gasteiger partial charge in [-0.2, -0.15) is 0 Å². The van der Waals surface area contributed by atoms with Gasteiger partial charge in [0.1, 0.15) is 11.0 Å². The first kappa shape index (κ1) is 21.6. The molecule has 0 spiro atoms. The minimum absolute atomic E-state index is 0.592. The second-order valence-electron chi connectivity index (χ2n) is 8.15. The highest BCUT2D eigenvalue weighted by Crippen LogP contribution is 2.21. The fraction of sp³-hybridized carbons (Fsp3) is 0.682. The first-order valence-electron chi connectivity index (χ1n) is 10.7. The Hall–Kier alpha value is -1.14. The van der Waals surface area contributed by atoms with Crippen LogP contribution in [0.5, 0.6) is 0 Å². The first-order chi connectivity index (χ1) is 13.6. The van der Waals surface area contributed by atoms with Crippen molar-refractivity contribution in [2.24, 2.45) is 0 Å². The molecular formula is C22H35ClN4O. The summed E-state index contributed by atoms with van der Waals surface area (Å²) in [4.78, 5) is 11.9. The number of halogens is 1. The number of pyridine rings is 1. The molecule has 2 fully saturated rings. The van der Waals surface area contributed by atoms with Gasteiger partial charge in [0.2, 0.25) is 0 Å². The largest absolute Gasteiger partial charge is 0.378 e. The van der Waals surface area contributed by atoms with Gasteiger partial charge in [-0.25, -0.2) is 4.98 Å². The van der Waals surface area contributed by atoms with Crippen molar-refractivity contribution in [2.75, 3.05) is 63.9 Å². The number of morpholine rings is 1. The predicted octanol–water partition coefficient (Wildman–Crippen LogP) is 3.83. The molecular weight excluding hydrogens is 372 g/mol. The van der Waals surface area contributed by atoms with Crippen molar-refractivity contribution in [3.05, 3.63) is 34.5 Å². The lowest BCUT2D eigenvalue weighted by Gasteiger charge is -2.35. The van der Waals surface area contributed by atoms with E-state index in [1.54, 1.807) is 0 Å². The van der Waals surface area contributed by atoms with E-state index < -0.39 is 0 Å². The van der Waals surface area contributed by atoms with Crippen molar-refractivity contribution < 1.29 is 4.74 Å². The molecule has 28 heavy (non-hydrogen) atoms. The van der Waals surface area contributed by atoms with Crippen LogP contribution in [0, 0.1) is 0 Å². The van der Waals surface area contributed by atoms with Crippen LogP contribution in [-0.2, 0) is 11.3 Å². The Morgan fingerprint density at radius 1 is 1.04 bits per heavy atom. The maximum absolute atomic E-state index is 6.31. The van der Waals surface area contributed by atoms with Crippen LogP contribution < -0.4 is 4.90 Å². The monoisotopic (exact) mass is 406 g/mol. The summed E-state index contributed by atoms with van der Waals surface area (Å²) in [6.07, 6.45) is 6.16. The van der Waals surface area contributed by atoms with Crippen molar-refractivity contribution in [1.82, 2.24) is 14.8 Å². The molecule has 2 saturated heterocycles. The number of allylic oxidation sites excluding steroid dienone is 2. The fourth-order valence-corrected chi connectivity index (χ4v) is 4.11. The van der Waals surface area contributed by atoms with Crippen LogP contribution in [0.4, 0.5) is 5.82 Å². The molecule has 0 bridgehead atoms. The van der Waals surface area contributed by atoms with Gasteiger partial charge in [-0.05, 0) is 57.4 Å². The van der Waals surface area contributed by atoms with Gasteiger partial charge in [0.15, 0.2) is 0 Å². The number of hydrogen-bond acceptors (Lipinski definition) is 5. The second-order valence-corrected chi connectivity index (χ2v) is 8.54. The molecule has 0 saturated carbocycles. The molecule has 1 aromatic heterocycles. The summed E-state index contributed by atoms with van der Waals surface area (Å²) in [7, 11) is 0. The zero-order chi connectivity index (χ0) is 19.8. The molecule has 3 heterocycles. The summed E-state index contributed by atoms with van der Waals surface area (Å²) in [6.45, 7) is 14.4. The molecule has 156 valence electrons. The quantitative estimate of drug-likeness (QED) is 0.372. The van der Waals surface area contributed by atoms with Crippen LogP contribution in [0.1, 0.15) is 38.7 Å². The van der Waals surface area contributed by atoms with E-state index in [1.807, 2.05) is 6.07 Å². The Bertz CT molecular complexity index is 633. The summed E-state index contributed by atoms with van der Waals surface area (Å²) in [5, 5.41) is 0.592. The van der Waals surface area contributed by atoms with Gasteiger partial charge in [0, 0.05) is 45.8 Å². The molecule has 0 aliphatic carbocycles. The number of ether oxygens (including phenoxy) is 1. The van der Waals surface area contributed by atoms with Crippen LogP contribution in [0.15, 0.2) is 23.8 Å². The molecule has 0 N–H and O–H groups in total. The summed E-state index contributed by atoms with van der Waals surface area (Å²) < 4.78 is 5.45. The van der Waals surface area contributed by atoms with Gasteiger partial charge >= 0.3 is 0 Å². The first-order valence-corrected chi connectivity index (χ1v) is 11.1. The van der Waals surface area contributed by atoms with E-state index in [9.17, 15) is 0 Å². The fourth-order valence-electron chi connectivity index (χ4n) is 3.88. The molecule has 0 atom stereocenters. The number of unbranched alkanes of at least 4 members (excludes halogenated alkanes) is 2. The van der Waals surface area contributed by atoms with Crippen LogP contribution in [-0.4, -0.2) is 73.8 Å². The van der Waals surface area contributed by atoms with E-state index in [4.69, 9.17) is 16.3 Å². The van der Waals surface area contributed by atoms with Gasteiger partial charge < -0.3 is 14.5 Å². The Labute approximate surface area is 175 Å². The third-order valence-corrected chi connectivity index (χ3v) is 5.72. The van der Waals surface area contributed by atoms with Gasteiger partial charge in [-0.15, -0.1) is 0 Å². The van der Waals surface area contributed by atoms with Crippen LogP contribution in [0.3, 0.4) is 0 Å². The van der Waals surface area contributed by atoms with Crippen molar-refractivity contribution in [2.45, 2.75) is 39.7 Å². The molecule has 3 rings (SSSR count). The van der Waals surface area contributed by atoms with Crippen molar-refractivity contribution in [1.29, 1.82) is 0 Å². The minimum Gasteiger partial charge on any atom is -0.378 e. The van der Waals surface area contributed by atoms with Crippen LogP contribution in [0.2, 0.25) is 5.15 Å². The maximum Gasteiger partial charge on any atom is 0.131 e. The highest BCUT2D eigenvalue weighted by Gasteiger charge is 2.18. The van der Waals surface area contributed by atoms with Gasteiger partial charge in [0.05, 0.1) is 13.2 Å². The molecule has 0 radical (unpaired) electrons. The van der Waals surface area contributed by atoms with E-state index in [1.165, 1.54) is 36.9 Å². The average molecular weight is 407 g/mol. The Kier molecular flexibility index (Phi) is 8.59. The average Bonchev–Trinajstić information content (AvgIpc) is 2.69. The van der Waals surface area contributed by atoms with E-state index in [2.05, 4.69) is 45.7 Å². The molecule has 0 aromatic carbocycles. The lowest BCUT2D eigenvalue weighted by Crippen LogP contribution is -2.46. The molecule has 0 amide bonds. The minimum atomic E-state index is 0.592. The van der Waals surface area contributed by atoms with Gasteiger partial charge in [-0.1, -0.05) is 23.3 Å². The zero-order valence-corrected chi connectivity index (χ0v) is 18.3. The standard InChI is InChI=1S/C22H35ClN4O/c1-19(2)6-4-3-5-7-25-8-10-26(11-9-25)18-20-16-21(23)24-22(17-20)27-12-14-28-15-13-27/h6,16-17H,3-5,7-15,18H2,1-2H3. The zero-order valence-electron chi connectivity index (χ0n) is 17.5. The summed E-state index contributed by atoms with van der Waals surface area (Å²) in [6, 6.07) is 4.22. The lowest BCUT2D eigenvalue weighted by atomic mass is 10.1. The number of rotatable bonds is 8. The molecule has 6 heteroatoms. The number of nitrogens with zero attached hydrogens (tertiary/aromatic N) is 4. The van der Waals surface area contributed by atoms with E-state index in [0.717, 1.165) is 64.8 Å². The summed E-state index contributed by atoms with van der Waals surface area (Å²) in [5.41, 5.74) is 2.69. The van der Waals surface area contributed by atoms with Crippen LogP contribution in [0.25, 0.3) is 0 Å². The van der Waals surface area contributed by atoms with Crippen LogP contribution >= 0.6 is 11.6 Å². The number of piperazine rings is 1. The number of anilines is 1. The lowest BCUT2D eigenvalue weighted by molar-refractivity contribution is 0.122. The molecule has 5 nitrogen and oxygen atoms in total. The van der Waals surface area contributed by atoms with Crippen molar-refractivity contribution in [3.63, 3.8) is 0 Å². The summed E-state index contributed by atoms with van der Waals surface area (Å²) in [5.74, 6) is 0.987. The topological polar surface area (TPSA) is 31.8 Å². The summed E-state index contributed by atoms with van der Waals surface area (Å²) >= 11 is 6.31. The Morgan fingerprint density at radius 3 is 2.46 bits per heavy atom. The molecule has 2 aliphatic rings. The normalized spacial score (nSPS) is 19.0.